The third kappa shape index (κ3) is 3.66. The molecule has 1 saturated carbocycles. The van der Waals surface area contributed by atoms with Crippen molar-refractivity contribution in [3.05, 3.63) is 36.0 Å². The predicted molar refractivity (Wildman–Crippen MR) is 92.7 cm³/mol. The Morgan fingerprint density at radius 1 is 1.28 bits per heavy atom. The number of hydrogen-bond donors (Lipinski definition) is 2. The van der Waals surface area contributed by atoms with Gasteiger partial charge in [0.2, 0.25) is 0 Å². The van der Waals surface area contributed by atoms with Crippen molar-refractivity contribution in [3.63, 3.8) is 0 Å². The van der Waals surface area contributed by atoms with Crippen LogP contribution in [0.25, 0.3) is 10.9 Å². The highest BCUT2D eigenvalue weighted by molar-refractivity contribution is 5.96. The molecule has 3 rings (SSSR count). The van der Waals surface area contributed by atoms with Crippen molar-refractivity contribution in [1.29, 1.82) is 5.26 Å². The minimum atomic E-state index is -0.967. The molecule has 0 spiro atoms. The number of aromatic amines is 1. The largest absolute Gasteiger partial charge is 0.448 e. The maximum atomic E-state index is 12.4. The SMILES string of the molecule is C[C@@H](OC(=O)c1cc2ccccc2[nH]1)C(=O)NC1(C#N)CCCCC1. The normalized spacial score (nSPS) is 17.4. The molecular weight excluding hydrogens is 318 g/mol. The zero-order valence-electron chi connectivity index (χ0n) is 14.2. The average Bonchev–Trinajstić information content (AvgIpc) is 3.06. The van der Waals surface area contributed by atoms with E-state index >= 15 is 0 Å². The highest BCUT2D eigenvalue weighted by Gasteiger charge is 2.35. The van der Waals surface area contributed by atoms with E-state index in [0.717, 1.165) is 30.2 Å². The van der Waals surface area contributed by atoms with Gasteiger partial charge in [-0.25, -0.2) is 4.79 Å². The van der Waals surface area contributed by atoms with Crippen molar-refractivity contribution in [2.45, 2.75) is 50.7 Å². The summed E-state index contributed by atoms with van der Waals surface area (Å²) in [5, 5.41) is 13.1. The van der Waals surface area contributed by atoms with Gasteiger partial charge in [-0.1, -0.05) is 37.5 Å². The number of rotatable bonds is 4. The molecule has 0 aliphatic heterocycles. The standard InChI is InChI=1S/C19H21N3O3/c1-13(17(23)22-19(12-20)9-5-2-6-10-19)25-18(24)16-11-14-7-3-4-8-15(14)21-16/h3-4,7-8,11,13,21H,2,5-6,9-10H2,1H3,(H,22,23)/t13-/m1/s1. The Bertz CT molecular complexity index is 795. The molecule has 2 N–H and O–H groups in total. The van der Waals surface area contributed by atoms with Crippen molar-refractivity contribution in [3.8, 4) is 6.07 Å². The molecule has 1 aromatic carbocycles. The van der Waals surface area contributed by atoms with Crippen LogP contribution in [0, 0.1) is 11.3 Å². The number of carbonyl (C=O) groups excluding carboxylic acids is 2. The van der Waals surface area contributed by atoms with Gasteiger partial charge in [0, 0.05) is 10.9 Å². The second-order valence-corrected chi connectivity index (χ2v) is 6.56. The van der Waals surface area contributed by atoms with Crippen molar-refractivity contribution in [2.75, 3.05) is 0 Å². The number of amides is 1. The number of fused-ring (bicyclic) bond motifs is 1. The van der Waals surface area contributed by atoms with E-state index in [1.807, 2.05) is 24.3 Å². The minimum absolute atomic E-state index is 0.300. The zero-order valence-corrected chi connectivity index (χ0v) is 14.2. The number of nitriles is 1. The fraction of sp³-hybridized carbons (Fsp3) is 0.421. The van der Waals surface area contributed by atoms with E-state index in [1.165, 1.54) is 6.92 Å². The minimum Gasteiger partial charge on any atom is -0.448 e. The van der Waals surface area contributed by atoms with Crippen LogP contribution >= 0.6 is 0 Å². The first-order valence-electron chi connectivity index (χ1n) is 8.55. The van der Waals surface area contributed by atoms with Gasteiger partial charge in [0.05, 0.1) is 6.07 Å². The van der Waals surface area contributed by atoms with Gasteiger partial charge in [0.25, 0.3) is 5.91 Å². The van der Waals surface area contributed by atoms with E-state index in [9.17, 15) is 14.9 Å². The van der Waals surface area contributed by atoms with Crippen LogP contribution in [-0.4, -0.2) is 28.5 Å². The van der Waals surface area contributed by atoms with Crippen LogP contribution in [0.1, 0.15) is 49.5 Å². The number of aromatic nitrogens is 1. The van der Waals surface area contributed by atoms with Gasteiger partial charge < -0.3 is 15.0 Å². The predicted octanol–water partition coefficient (Wildman–Crippen LogP) is 3.06. The smallest absolute Gasteiger partial charge is 0.355 e. The molecule has 1 fully saturated rings. The van der Waals surface area contributed by atoms with E-state index < -0.39 is 23.5 Å². The van der Waals surface area contributed by atoms with Gasteiger partial charge in [-0.05, 0) is 31.9 Å². The molecule has 6 nitrogen and oxygen atoms in total. The van der Waals surface area contributed by atoms with Crippen LogP contribution < -0.4 is 5.32 Å². The Labute approximate surface area is 146 Å². The molecule has 0 bridgehead atoms. The van der Waals surface area contributed by atoms with Gasteiger partial charge in [-0.2, -0.15) is 5.26 Å². The molecule has 1 heterocycles. The Morgan fingerprint density at radius 2 is 2.00 bits per heavy atom. The first kappa shape index (κ1) is 17.0. The Balaban J connectivity index is 1.64. The average molecular weight is 339 g/mol. The summed E-state index contributed by atoms with van der Waals surface area (Å²) in [6.45, 7) is 1.52. The van der Waals surface area contributed by atoms with Crippen LogP contribution in [0.2, 0.25) is 0 Å². The summed E-state index contributed by atoms with van der Waals surface area (Å²) < 4.78 is 5.27. The maximum absolute atomic E-state index is 12.4. The molecule has 25 heavy (non-hydrogen) atoms. The fourth-order valence-corrected chi connectivity index (χ4v) is 3.22. The van der Waals surface area contributed by atoms with Crippen LogP contribution in [0.3, 0.4) is 0 Å². The summed E-state index contributed by atoms with van der Waals surface area (Å²) in [4.78, 5) is 27.6. The third-order valence-electron chi connectivity index (χ3n) is 4.69. The van der Waals surface area contributed by atoms with Gasteiger partial charge in [0.1, 0.15) is 11.2 Å². The Morgan fingerprint density at radius 3 is 2.68 bits per heavy atom. The topological polar surface area (TPSA) is 95.0 Å². The molecule has 1 aliphatic carbocycles. The number of para-hydroxylation sites is 1. The van der Waals surface area contributed by atoms with Gasteiger partial charge in [-0.15, -0.1) is 0 Å². The summed E-state index contributed by atoms with van der Waals surface area (Å²) in [5.74, 6) is -1.03. The molecule has 1 aliphatic rings. The monoisotopic (exact) mass is 339 g/mol. The van der Waals surface area contributed by atoms with Crippen LogP contribution in [-0.2, 0) is 9.53 Å². The summed E-state index contributed by atoms with van der Waals surface area (Å²) in [6.07, 6.45) is 3.21. The third-order valence-corrected chi connectivity index (χ3v) is 4.69. The van der Waals surface area contributed by atoms with Crippen molar-refractivity contribution < 1.29 is 14.3 Å². The van der Waals surface area contributed by atoms with Gasteiger partial charge in [0.15, 0.2) is 6.10 Å². The van der Waals surface area contributed by atoms with E-state index in [4.69, 9.17) is 4.74 Å². The number of hydrogen-bond acceptors (Lipinski definition) is 4. The molecule has 1 atom stereocenters. The number of nitrogens with one attached hydrogen (secondary N) is 2. The maximum Gasteiger partial charge on any atom is 0.355 e. The second-order valence-electron chi connectivity index (χ2n) is 6.56. The molecule has 0 radical (unpaired) electrons. The van der Waals surface area contributed by atoms with Crippen molar-refractivity contribution in [1.82, 2.24) is 10.3 Å². The van der Waals surface area contributed by atoms with E-state index in [1.54, 1.807) is 6.07 Å². The number of H-pyrrole nitrogens is 1. The Hall–Kier alpha value is -2.81. The molecule has 2 aromatic rings. The molecule has 1 aromatic heterocycles. The van der Waals surface area contributed by atoms with Crippen LogP contribution in [0.4, 0.5) is 0 Å². The van der Waals surface area contributed by atoms with E-state index in [2.05, 4.69) is 16.4 Å². The van der Waals surface area contributed by atoms with Crippen molar-refractivity contribution >= 4 is 22.8 Å². The lowest BCUT2D eigenvalue weighted by atomic mass is 9.83. The zero-order chi connectivity index (χ0) is 17.9. The summed E-state index contributed by atoms with van der Waals surface area (Å²) in [7, 11) is 0. The molecule has 130 valence electrons. The number of carbonyl (C=O) groups is 2. The lowest BCUT2D eigenvalue weighted by Crippen LogP contribution is -2.52. The first-order valence-corrected chi connectivity index (χ1v) is 8.55. The number of nitrogens with zero attached hydrogens (tertiary/aromatic N) is 1. The second kappa shape index (κ2) is 6.98. The summed E-state index contributed by atoms with van der Waals surface area (Å²) in [5.41, 5.74) is 0.294. The summed E-state index contributed by atoms with van der Waals surface area (Å²) in [6, 6.07) is 11.4. The molecule has 0 unspecified atom stereocenters. The van der Waals surface area contributed by atoms with Crippen LogP contribution in [0.15, 0.2) is 30.3 Å². The van der Waals surface area contributed by atoms with E-state index in [-0.39, 0.29) is 0 Å². The number of benzene rings is 1. The molecule has 0 saturated heterocycles. The van der Waals surface area contributed by atoms with Crippen LogP contribution in [0.5, 0.6) is 0 Å². The fourth-order valence-electron chi connectivity index (χ4n) is 3.22. The Kier molecular flexibility index (Phi) is 4.75. The lowest BCUT2D eigenvalue weighted by molar-refractivity contribution is -0.130. The molecular formula is C19H21N3O3. The molecule has 6 heteroatoms. The highest BCUT2D eigenvalue weighted by atomic mass is 16.5. The molecule has 1 amide bonds. The highest BCUT2D eigenvalue weighted by Crippen LogP contribution is 2.27. The lowest BCUT2D eigenvalue weighted by Gasteiger charge is -2.32. The van der Waals surface area contributed by atoms with Gasteiger partial charge in [-0.3, -0.25) is 4.79 Å². The number of esters is 1. The quantitative estimate of drug-likeness (QED) is 0.837. The number of ether oxygens (including phenoxy) is 1. The van der Waals surface area contributed by atoms with Crippen molar-refractivity contribution in [2.24, 2.45) is 0 Å². The summed E-state index contributed by atoms with van der Waals surface area (Å²) >= 11 is 0. The van der Waals surface area contributed by atoms with Gasteiger partial charge >= 0.3 is 5.97 Å². The van der Waals surface area contributed by atoms with E-state index in [0.29, 0.717) is 18.5 Å². The first-order chi connectivity index (χ1) is 12.0.